The smallest absolute Gasteiger partial charge is 0.0856 e. The Hall–Kier alpha value is -0.730. The van der Waals surface area contributed by atoms with Gasteiger partial charge in [0, 0.05) is 19.9 Å². The Morgan fingerprint density at radius 3 is 2.19 bits per heavy atom. The zero-order valence-electron chi connectivity index (χ0n) is 10.8. The molecule has 0 fully saturated rings. The van der Waals surface area contributed by atoms with Gasteiger partial charge in [-0.15, -0.1) is 11.6 Å². The van der Waals surface area contributed by atoms with Crippen LogP contribution >= 0.6 is 50.7 Å². The van der Waals surface area contributed by atoms with Crippen LogP contribution in [0.15, 0.2) is 59.1 Å². The lowest BCUT2D eigenvalue weighted by molar-refractivity contribution is 1.16. The molecule has 0 N–H and O–H groups in total. The van der Waals surface area contributed by atoms with Crippen LogP contribution in [0.25, 0.3) is 10.8 Å². The first-order chi connectivity index (χ1) is 10.1. The molecule has 0 aliphatic heterocycles. The highest BCUT2D eigenvalue weighted by Crippen LogP contribution is 2.39. The average Bonchev–Trinajstić information content (AvgIpc) is 2.50. The van der Waals surface area contributed by atoms with E-state index in [1.54, 1.807) is 0 Å². The number of alkyl halides is 1. The van der Waals surface area contributed by atoms with Crippen LogP contribution in [-0.2, 0) is 0 Å². The van der Waals surface area contributed by atoms with Crippen LogP contribution in [0.1, 0.15) is 16.5 Å². The van der Waals surface area contributed by atoms with Crippen molar-refractivity contribution >= 4 is 61.5 Å². The molecule has 0 heterocycles. The SMILES string of the molecule is Clc1ccc(Br)cc1C(Cl)c1ccc(Cl)c2ccccc12. The van der Waals surface area contributed by atoms with Crippen molar-refractivity contribution in [1.82, 2.24) is 0 Å². The number of fused-ring (bicyclic) bond motifs is 1. The largest absolute Gasteiger partial charge is 0.113 e. The molecule has 1 unspecified atom stereocenters. The summed E-state index contributed by atoms with van der Waals surface area (Å²) in [4.78, 5) is 0. The van der Waals surface area contributed by atoms with Crippen LogP contribution in [0, 0.1) is 0 Å². The first kappa shape index (κ1) is 15.2. The number of benzene rings is 3. The van der Waals surface area contributed by atoms with Gasteiger partial charge in [0.25, 0.3) is 0 Å². The second-order valence-corrected chi connectivity index (χ2v) is 6.88. The number of halogens is 4. The van der Waals surface area contributed by atoms with Gasteiger partial charge in [0.05, 0.1) is 5.38 Å². The highest BCUT2D eigenvalue weighted by atomic mass is 79.9. The molecule has 0 spiro atoms. The fourth-order valence-electron chi connectivity index (χ4n) is 2.38. The molecule has 0 aliphatic rings. The van der Waals surface area contributed by atoms with E-state index in [1.165, 1.54) is 0 Å². The maximum Gasteiger partial charge on any atom is 0.0856 e. The molecule has 0 bridgehead atoms. The molecule has 3 aromatic rings. The Labute approximate surface area is 146 Å². The Kier molecular flexibility index (Phi) is 4.46. The van der Waals surface area contributed by atoms with Crippen LogP contribution in [0.2, 0.25) is 10.0 Å². The van der Waals surface area contributed by atoms with E-state index in [-0.39, 0.29) is 5.38 Å². The van der Waals surface area contributed by atoms with Gasteiger partial charge >= 0.3 is 0 Å². The predicted octanol–water partition coefficient (Wildman–Crippen LogP) is 7.24. The van der Waals surface area contributed by atoms with Crippen molar-refractivity contribution < 1.29 is 0 Å². The minimum Gasteiger partial charge on any atom is -0.113 e. The Morgan fingerprint density at radius 1 is 0.762 bits per heavy atom. The molecule has 1 atom stereocenters. The molecule has 0 aromatic heterocycles. The van der Waals surface area contributed by atoms with Gasteiger partial charge in [-0.25, -0.2) is 0 Å². The Morgan fingerprint density at radius 2 is 1.43 bits per heavy atom. The minimum atomic E-state index is -0.336. The molecular weight excluding hydrogens is 390 g/mol. The molecule has 0 aliphatic carbocycles. The van der Waals surface area contributed by atoms with Gasteiger partial charge in [-0.2, -0.15) is 0 Å². The molecule has 106 valence electrons. The van der Waals surface area contributed by atoms with E-state index in [4.69, 9.17) is 34.8 Å². The number of rotatable bonds is 2. The van der Waals surface area contributed by atoms with Crippen LogP contribution in [0.3, 0.4) is 0 Å². The quantitative estimate of drug-likeness (QED) is 0.398. The third-order valence-electron chi connectivity index (χ3n) is 3.41. The summed E-state index contributed by atoms with van der Waals surface area (Å²) in [6, 6.07) is 17.5. The van der Waals surface area contributed by atoms with E-state index < -0.39 is 0 Å². The van der Waals surface area contributed by atoms with Crippen molar-refractivity contribution in [2.45, 2.75) is 5.38 Å². The van der Waals surface area contributed by atoms with Crippen molar-refractivity contribution in [3.8, 4) is 0 Å². The summed E-state index contributed by atoms with van der Waals surface area (Å²) in [5.41, 5.74) is 1.87. The van der Waals surface area contributed by atoms with Gasteiger partial charge in [0.2, 0.25) is 0 Å². The molecule has 3 rings (SSSR count). The van der Waals surface area contributed by atoms with Crippen molar-refractivity contribution in [3.63, 3.8) is 0 Å². The van der Waals surface area contributed by atoms with Gasteiger partial charge in [-0.3, -0.25) is 0 Å². The van der Waals surface area contributed by atoms with E-state index in [0.29, 0.717) is 5.02 Å². The highest BCUT2D eigenvalue weighted by Gasteiger charge is 2.17. The van der Waals surface area contributed by atoms with Crippen LogP contribution in [0.4, 0.5) is 0 Å². The van der Waals surface area contributed by atoms with E-state index >= 15 is 0 Å². The predicted molar refractivity (Wildman–Crippen MR) is 95.8 cm³/mol. The van der Waals surface area contributed by atoms with E-state index in [1.807, 2.05) is 54.6 Å². The zero-order valence-corrected chi connectivity index (χ0v) is 14.6. The lowest BCUT2D eigenvalue weighted by Crippen LogP contribution is -1.96. The maximum atomic E-state index is 6.69. The summed E-state index contributed by atoms with van der Waals surface area (Å²) in [5, 5.41) is 3.07. The summed E-state index contributed by atoms with van der Waals surface area (Å²) in [6.45, 7) is 0. The fraction of sp³-hybridized carbons (Fsp3) is 0.0588. The van der Waals surface area contributed by atoms with Gasteiger partial charge < -0.3 is 0 Å². The molecule has 0 amide bonds. The van der Waals surface area contributed by atoms with Crippen LogP contribution < -0.4 is 0 Å². The van der Waals surface area contributed by atoms with E-state index in [0.717, 1.165) is 31.4 Å². The van der Waals surface area contributed by atoms with Gasteiger partial charge in [-0.1, -0.05) is 69.5 Å². The standard InChI is InChI=1S/C17H10BrCl3/c18-10-5-7-16(20)14(9-10)17(21)13-6-8-15(19)12-4-2-1-3-11(12)13/h1-9,17H. The van der Waals surface area contributed by atoms with Crippen molar-refractivity contribution in [2.75, 3.05) is 0 Å². The lowest BCUT2D eigenvalue weighted by Gasteiger charge is -2.16. The Bertz CT molecular complexity index is 814. The third-order valence-corrected chi connectivity index (χ3v) is 5.05. The minimum absolute atomic E-state index is 0.336. The molecule has 0 saturated carbocycles. The topological polar surface area (TPSA) is 0 Å². The van der Waals surface area contributed by atoms with Crippen molar-refractivity contribution in [1.29, 1.82) is 0 Å². The van der Waals surface area contributed by atoms with Crippen molar-refractivity contribution in [3.05, 3.63) is 80.2 Å². The zero-order chi connectivity index (χ0) is 15.0. The second kappa shape index (κ2) is 6.18. The van der Waals surface area contributed by atoms with E-state index in [9.17, 15) is 0 Å². The van der Waals surface area contributed by atoms with Gasteiger partial charge in [-0.05, 0) is 40.8 Å². The third kappa shape index (κ3) is 2.93. The monoisotopic (exact) mass is 398 g/mol. The molecule has 0 radical (unpaired) electrons. The molecule has 3 aromatic carbocycles. The van der Waals surface area contributed by atoms with Gasteiger partial charge in [0.15, 0.2) is 0 Å². The molecule has 4 heteroatoms. The Balaban J connectivity index is 2.20. The summed E-state index contributed by atoms with van der Waals surface area (Å²) < 4.78 is 0.950. The van der Waals surface area contributed by atoms with Crippen LogP contribution in [-0.4, -0.2) is 0 Å². The number of hydrogen-bond donors (Lipinski definition) is 0. The van der Waals surface area contributed by atoms with Gasteiger partial charge in [0.1, 0.15) is 0 Å². The second-order valence-electron chi connectivity index (χ2n) is 4.71. The number of hydrogen-bond acceptors (Lipinski definition) is 0. The van der Waals surface area contributed by atoms with Crippen molar-refractivity contribution in [2.24, 2.45) is 0 Å². The maximum absolute atomic E-state index is 6.69. The summed E-state index contributed by atoms with van der Waals surface area (Å²) in [5.74, 6) is 0. The van der Waals surface area contributed by atoms with Crippen LogP contribution in [0.5, 0.6) is 0 Å². The summed E-state index contributed by atoms with van der Waals surface area (Å²) in [6.07, 6.45) is 0. The van der Waals surface area contributed by atoms with E-state index in [2.05, 4.69) is 15.9 Å². The highest BCUT2D eigenvalue weighted by molar-refractivity contribution is 9.10. The summed E-state index contributed by atoms with van der Waals surface area (Å²) in [7, 11) is 0. The normalized spacial score (nSPS) is 12.6. The molecular formula is C17H10BrCl3. The molecule has 21 heavy (non-hydrogen) atoms. The fourth-order valence-corrected chi connectivity index (χ4v) is 3.64. The summed E-state index contributed by atoms with van der Waals surface area (Å²) >= 11 is 22.7. The lowest BCUT2D eigenvalue weighted by atomic mass is 9.98. The average molecular weight is 401 g/mol. The molecule has 0 saturated heterocycles. The molecule has 0 nitrogen and oxygen atoms in total. The first-order valence-electron chi connectivity index (χ1n) is 6.34. The first-order valence-corrected chi connectivity index (χ1v) is 8.32.